The Balaban J connectivity index is 1.68. The summed E-state index contributed by atoms with van der Waals surface area (Å²) < 4.78 is 31.0. The van der Waals surface area contributed by atoms with Crippen LogP contribution in [-0.4, -0.2) is 63.8 Å². The highest BCUT2D eigenvalue weighted by Gasteiger charge is 2.48. The van der Waals surface area contributed by atoms with E-state index in [1.54, 1.807) is 12.3 Å². The first-order valence-corrected chi connectivity index (χ1v) is 12.3. The lowest BCUT2D eigenvalue weighted by Gasteiger charge is -2.14. The van der Waals surface area contributed by atoms with Crippen LogP contribution in [0.5, 0.6) is 0 Å². The van der Waals surface area contributed by atoms with Gasteiger partial charge in [-0.25, -0.2) is 9.78 Å². The van der Waals surface area contributed by atoms with E-state index in [0.29, 0.717) is 0 Å². The number of imide groups is 1. The minimum atomic E-state index is -4.78. The molecule has 1 saturated heterocycles. The summed E-state index contributed by atoms with van der Waals surface area (Å²) in [6.45, 7) is 1.77. The molecule has 0 bridgehead atoms. The molecule has 0 aromatic carbocycles. The third-order valence-electron chi connectivity index (χ3n) is 3.67. The molecule has 1 fully saturated rings. The SMILES string of the molecule is CC(CC(=O)NCCC(=O)ON1C(=O)CC(S(=O)(=O)O)C1=O)SSc1ccccn1. The van der Waals surface area contributed by atoms with Gasteiger partial charge < -0.3 is 10.2 Å². The molecule has 1 aliphatic heterocycles. The van der Waals surface area contributed by atoms with Crippen LogP contribution in [-0.2, 0) is 34.1 Å². The van der Waals surface area contributed by atoms with Gasteiger partial charge in [-0.3, -0.25) is 18.9 Å². The van der Waals surface area contributed by atoms with Gasteiger partial charge in [0, 0.05) is 24.4 Å². The molecule has 2 unspecified atom stereocenters. The first kappa shape index (κ1) is 24.1. The minimum Gasteiger partial charge on any atom is -0.355 e. The van der Waals surface area contributed by atoms with Crippen molar-refractivity contribution in [1.82, 2.24) is 15.4 Å². The van der Waals surface area contributed by atoms with E-state index in [0.717, 1.165) is 5.03 Å². The van der Waals surface area contributed by atoms with Gasteiger partial charge in [0.05, 0.1) is 12.8 Å². The summed E-state index contributed by atoms with van der Waals surface area (Å²) in [6.07, 6.45) is 0.710. The van der Waals surface area contributed by atoms with Crippen molar-refractivity contribution in [2.75, 3.05) is 6.54 Å². The van der Waals surface area contributed by atoms with E-state index < -0.39 is 39.6 Å². The van der Waals surface area contributed by atoms with Crippen LogP contribution in [0.4, 0.5) is 0 Å². The van der Waals surface area contributed by atoms with Crippen molar-refractivity contribution in [3.63, 3.8) is 0 Å². The number of pyridine rings is 1. The van der Waals surface area contributed by atoms with E-state index in [9.17, 15) is 27.6 Å². The Kier molecular flexibility index (Phi) is 8.64. The van der Waals surface area contributed by atoms with Crippen LogP contribution >= 0.6 is 21.6 Å². The average molecular weight is 478 g/mol. The summed E-state index contributed by atoms with van der Waals surface area (Å²) in [5, 5.41) is 1.35. The Morgan fingerprint density at radius 3 is 2.73 bits per heavy atom. The highest BCUT2D eigenvalue weighted by molar-refractivity contribution is 8.76. The van der Waals surface area contributed by atoms with E-state index in [-0.39, 0.29) is 35.6 Å². The molecule has 1 aromatic heterocycles. The van der Waals surface area contributed by atoms with Crippen LogP contribution in [0.25, 0.3) is 0 Å². The fourth-order valence-corrected chi connectivity index (χ4v) is 4.97. The monoisotopic (exact) mass is 477 g/mol. The first-order chi connectivity index (χ1) is 14.1. The standard InChI is InChI=1S/C16H19N3O8S3/c1-10(28-29-13-4-2-3-6-18-13)8-12(20)17-7-5-15(22)27-19-14(21)9-11(16(19)23)30(24,25)26/h2-4,6,10-11H,5,7-9H2,1H3,(H,17,20)(H,24,25,26). The number of hydrogen-bond acceptors (Lipinski definition) is 10. The fraction of sp³-hybridized carbons (Fsp3) is 0.438. The molecule has 14 heteroatoms. The Bertz CT molecular complexity index is 910. The lowest BCUT2D eigenvalue weighted by atomic mass is 10.3. The minimum absolute atomic E-state index is 0.0240. The molecule has 1 aliphatic rings. The van der Waals surface area contributed by atoms with Gasteiger partial charge >= 0.3 is 5.97 Å². The molecular weight excluding hydrogens is 458 g/mol. The molecule has 1 aromatic rings. The van der Waals surface area contributed by atoms with Crippen LogP contribution in [0, 0.1) is 0 Å². The summed E-state index contributed by atoms with van der Waals surface area (Å²) >= 11 is 0. The molecule has 3 amide bonds. The topological polar surface area (TPSA) is 160 Å². The Hall–Kier alpha value is -2.16. The van der Waals surface area contributed by atoms with Crippen molar-refractivity contribution in [2.24, 2.45) is 0 Å². The van der Waals surface area contributed by atoms with Gasteiger partial charge in [-0.15, -0.1) is 5.06 Å². The van der Waals surface area contributed by atoms with Crippen molar-refractivity contribution in [3.8, 4) is 0 Å². The van der Waals surface area contributed by atoms with E-state index in [1.807, 2.05) is 19.1 Å². The molecule has 11 nitrogen and oxygen atoms in total. The van der Waals surface area contributed by atoms with E-state index in [4.69, 9.17) is 4.55 Å². The Morgan fingerprint density at radius 1 is 1.40 bits per heavy atom. The van der Waals surface area contributed by atoms with Gasteiger partial charge in [0.2, 0.25) is 5.91 Å². The second kappa shape index (κ2) is 10.7. The van der Waals surface area contributed by atoms with Crippen molar-refractivity contribution in [2.45, 2.75) is 41.7 Å². The van der Waals surface area contributed by atoms with E-state index in [2.05, 4.69) is 15.1 Å². The molecule has 2 heterocycles. The molecule has 0 aliphatic carbocycles. The van der Waals surface area contributed by atoms with Gasteiger partial charge in [0.1, 0.15) is 5.03 Å². The molecule has 164 valence electrons. The zero-order chi connectivity index (χ0) is 22.3. The molecule has 0 radical (unpaired) electrons. The van der Waals surface area contributed by atoms with Gasteiger partial charge in [0.15, 0.2) is 5.25 Å². The van der Waals surface area contributed by atoms with Gasteiger partial charge in [-0.2, -0.15) is 8.42 Å². The van der Waals surface area contributed by atoms with Crippen LogP contribution in [0.1, 0.15) is 26.2 Å². The molecule has 0 spiro atoms. The third-order valence-corrected chi connectivity index (χ3v) is 7.55. The van der Waals surface area contributed by atoms with Crippen molar-refractivity contribution in [1.29, 1.82) is 0 Å². The number of hydrogen-bond donors (Lipinski definition) is 2. The molecular formula is C16H19N3O8S3. The summed E-state index contributed by atoms with van der Waals surface area (Å²) in [5.74, 6) is -3.71. The molecule has 2 rings (SSSR count). The highest BCUT2D eigenvalue weighted by Crippen LogP contribution is 2.34. The number of nitrogens with zero attached hydrogens (tertiary/aromatic N) is 2. The fourth-order valence-electron chi connectivity index (χ4n) is 2.26. The lowest BCUT2D eigenvalue weighted by Crippen LogP contribution is -2.37. The number of hydroxylamine groups is 2. The largest absolute Gasteiger partial charge is 0.355 e. The quantitative estimate of drug-likeness (QED) is 0.275. The number of carbonyl (C=O) groups excluding carboxylic acids is 4. The van der Waals surface area contributed by atoms with Gasteiger partial charge in [0.25, 0.3) is 21.9 Å². The summed E-state index contributed by atoms with van der Waals surface area (Å²) in [6, 6.07) is 5.52. The summed E-state index contributed by atoms with van der Waals surface area (Å²) in [7, 11) is -1.87. The predicted molar refractivity (Wildman–Crippen MR) is 107 cm³/mol. The third kappa shape index (κ3) is 7.27. The van der Waals surface area contributed by atoms with E-state index >= 15 is 0 Å². The summed E-state index contributed by atoms with van der Waals surface area (Å²) in [4.78, 5) is 55.8. The second-order valence-corrected chi connectivity index (χ2v) is 10.4. The maximum atomic E-state index is 11.9. The average Bonchev–Trinajstić information content (AvgIpc) is 2.95. The zero-order valence-corrected chi connectivity index (χ0v) is 18.2. The molecule has 30 heavy (non-hydrogen) atoms. The predicted octanol–water partition coefficient (Wildman–Crippen LogP) is 0.580. The van der Waals surface area contributed by atoms with Crippen LogP contribution in [0.3, 0.4) is 0 Å². The Morgan fingerprint density at radius 2 is 2.13 bits per heavy atom. The van der Waals surface area contributed by atoms with Crippen molar-refractivity contribution < 1.29 is 37.0 Å². The van der Waals surface area contributed by atoms with Crippen LogP contribution in [0.2, 0.25) is 0 Å². The number of rotatable bonds is 10. The molecule has 2 N–H and O–H groups in total. The zero-order valence-electron chi connectivity index (χ0n) is 15.7. The summed E-state index contributed by atoms with van der Waals surface area (Å²) in [5.41, 5.74) is 0. The maximum absolute atomic E-state index is 11.9. The number of nitrogens with one attached hydrogen (secondary N) is 1. The highest BCUT2D eigenvalue weighted by atomic mass is 33.1. The maximum Gasteiger partial charge on any atom is 0.334 e. The van der Waals surface area contributed by atoms with Crippen molar-refractivity contribution in [3.05, 3.63) is 24.4 Å². The number of carbonyl (C=O) groups is 4. The number of amides is 3. The van der Waals surface area contributed by atoms with Gasteiger partial charge in [-0.1, -0.05) is 23.8 Å². The molecule has 0 saturated carbocycles. The first-order valence-electron chi connectivity index (χ1n) is 8.63. The van der Waals surface area contributed by atoms with Gasteiger partial charge in [-0.05, 0) is 22.9 Å². The normalized spacial score (nSPS) is 17.7. The Labute approximate surface area is 180 Å². The molecule has 2 atom stereocenters. The van der Waals surface area contributed by atoms with Crippen LogP contribution in [0.15, 0.2) is 29.4 Å². The number of aromatic nitrogens is 1. The van der Waals surface area contributed by atoms with Crippen molar-refractivity contribution >= 4 is 55.4 Å². The van der Waals surface area contributed by atoms with Crippen LogP contribution < -0.4 is 5.32 Å². The smallest absolute Gasteiger partial charge is 0.334 e. The second-order valence-electron chi connectivity index (χ2n) is 6.16. The van der Waals surface area contributed by atoms with E-state index in [1.165, 1.54) is 21.6 Å². The lowest BCUT2D eigenvalue weighted by molar-refractivity contribution is -0.197.